The van der Waals surface area contributed by atoms with Gasteiger partial charge in [-0.2, -0.15) is 0 Å². The first-order chi connectivity index (χ1) is 12.5. The molecular formula is C21H18Br2N2O. The Balaban J connectivity index is 1.97. The second kappa shape index (κ2) is 7.06. The maximum atomic E-state index is 10.6. The summed E-state index contributed by atoms with van der Waals surface area (Å²) in [7, 11) is 0. The Morgan fingerprint density at radius 1 is 0.846 bits per heavy atom. The molecule has 1 heterocycles. The summed E-state index contributed by atoms with van der Waals surface area (Å²) in [6, 6.07) is 22.5. The molecule has 132 valence electrons. The molecule has 0 fully saturated rings. The number of aliphatic hydroxyl groups excluding tert-OH is 1. The van der Waals surface area contributed by atoms with E-state index in [2.05, 4.69) is 66.0 Å². The van der Waals surface area contributed by atoms with Crippen molar-refractivity contribution in [3.63, 3.8) is 0 Å². The van der Waals surface area contributed by atoms with Crippen molar-refractivity contribution in [3.05, 3.63) is 75.7 Å². The van der Waals surface area contributed by atoms with Gasteiger partial charge in [-0.3, -0.25) is 0 Å². The first kappa shape index (κ1) is 17.6. The monoisotopic (exact) mass is 472 g/mol. The highest BCUT2D eigenvalue weighted by atomic mass is 79.9. The van der Waals surface area contributed by atoms with Gasteiger partial charge in [0.2, 0.25) is 0 Å². The van der Waals surface area contributed by atoms with Gasteiger partial charge < -0.3 is 15.0 Å². The summed E-state index contributed by atoms with van der Waals surface area (Å²) in [6.45, 7) is 1.82. The molecule has 2 atom stereocenters. The molecule has 0 amide bonds. The van der Waals surface area contributed by atoms with Gasteiger partial charge in [-0.05, 0) is 55.5 Å². The van der Waals surface area contributed by atoms with Crippen LogP contribution in [0.25, 0.3) is 21.8 Å². The fourth-order valence-electron chi connectivity index (χ4n) is 3.40. The van der Waals surface area contributed by atoms with E-state index in [1.807, 2.05) is 49.4 Å². The van der Waals surface area contributed by atoms with E-state index in [1.165, 1.54) is 0 Å². The van der Waals surface area contributed by atoms with Crippen LogP contribution in [0.15, 0.2) is 75.7 Å². The molecule has 0 aliphatic heterocycles. The van der Waals surface area contributed by atoms with Crippen molar-refractivity contribution in [1.29, 1.82) is 0 Å². The number of rotatable bonds is 4. The van der Waals surface area contributed by atoms with Gasteiger partial charge in [0.15, 0.2) is 0 Å². The first-order valence-corrected chi connectivity index (χ1v) is 10.0. The van der Waals surface area contributed by atoms with Crippen LogP contribution in [0.2, 0.25) is 0 Å². The average Bonchev–Trinajstić information content (AvgIpc) is 2.93. The molecule has 5 heteroatoms. The summed E-state index contributed by atoms with van der Waals surface area (Å²) in [5, 5.41) is 16.4. The number of fused-ring (bicyclic) bond motifs is 3. The highest BCUT2D eigenvalue weighted by Crippen LogP contribution is 2.36. The Hall–Kier alpha value is -1.82. The number of anilines is 1. The quantitative estimate of drug-likeness (QED) is 0.364. The zero-order valence-corrected chi connectivity index (χ0v) is 17.3. The third-order valence-electron chi connectivity index (χ3n) is 4.55. The minimum Gasteiger partial charge on any atom is -0.389 e. The molecule has 0 saturated carbocycles. The number of para-hydroxylation sites is 1. The van der Waals surface area contributed by atoms with Crippen LogP contribution >= 0.6 is 31.9 Å². The fourth-order valence-corrected chi connectivity index (χ4v) is 4.13. The standard InChI is InChI=1S/C21H18Br2N2O/c1-13(26)21(24-16-5-3-2-4-6-16)25-19-9-7-14(22)11-17(19)18-12-15(23)8-10-20(18)25/h2-13,21,24,26H,1H3. The topological polar surface area (TPSA) is 37.2 Å². The molecule has 0 radical (unpaired) electrons. The summed E-state index contributed by atoms with van der Waals surface area (Å²) in [6.07, 6.45) is -0.874. The summed E-state index contributed by atoms with van der Waals surface area (Å²) >= 11 is 7.16. The molecular weight excluding hydrogens is 456 g/mol. The molecule has 1 aromatic heterocycles. The molecule has 0 saturated heterocycles. The second-order valence-corrected chi connectivity index (χ2v) is 8.22. The van der Waals surface area contributed by atoms with Crippen LogP contribution in [0.1, 0.15) is 13.1 Å². The van der Waals surface area contributed by atoms with Gasteiger partial charge in [0.05, 0.1) is 17.1 Å². The van der Waals surface area contributed by atoms with E-state index >= 15 is 0 Å². The number of nitrogens with one attached hydrogen (secondary N) is 1. The van der Waals surface area contributed by atoms with E-state index in [4.69, 9.17) is 0 Å². The van der Waals surface area contributed by atoms with Gasteiger partial charge in [-0.1, -0.05) is 50.1 Å². The molecule has 3 aromatic carbocycles. The van der Waals surface area contributed by atoms with E-state index < -0.39 is 6.10 Å². The molecule has 0 bridgehead atoms. The number of hydrogen-bond acceptors (Lipinski definition) is 2. The number of hydrogen-bond donors (Lipinski definition) is 2. The van der Waals surface area contributed by atoms with Gasteiger partial charge >= 0.3 is 0 Å². The summed E-state index contributed by atoms with van der Waals surface area (Å²) < 4.78 is 4.25. The van der Waals surface area contributed by atoms with Crippen molar-refractivity contribution < 1.29 is 5.11 Å². The van der Waals surface area contributed by atoms with E-state index in [1.54, 1.807) is 0 Å². The largest absolute Gasteiger partial charge is 0.389 e. The van der Waals surface area contributed by atoms with Gasteiger partial charge in [0.25, 0.3) is 0 Å². The van der Waals surface area contributed by atoms with Crippen LogP contribution in [-0.2, 0) is 0 Å². The summed E-state index contributed by atoms with van der Waals surface area (Å²) in [4.78, 5) is 0. The zero-order chi connectivity index (χ0) is 18.3. The summed E-state index contributed by atoms with van der Waals surface area (Å²) in [5.41, 5.74) is 3.13. The Labute approximate surface area is 168 Å². The molecule has 2 unspecified atom stereocenters. The lowest BCUT2D eigenvalue weighted by Gasteiger charge is -2.26. The Kier molecular flexibility index (Phi) is 4.78. The number of nitrogens with zero attached hydrogens (tertiary/aromatic N) is 1. The highest BCUT2D eigenvalue weighted by Gasteiger charge is 2.22. The van der Waals surface area contributed by atoms with Crippen molar-refractivity contribution in [2.24, 2.45) is 0 Å². The molecule has 3 nitrogen and oxygen atoms in total. The lowest BCUT2D eigenvalue weighted by atomic mass is 10.2. The van der Waals surface area contributed by atoms with Crippen LogP contribution in [0.4, 0.5) is 5.69 Å². The van der Waals surface area contributed by atoms with Crippen molar-refractivity contribution in [1.82, 2.24) is 4.57 Å². The van der Waals surface area contributed by atoms with Crippen molar-refractivity contribution in [3.8, 4) is 0 Å². The Morgan fingerprint density at radius 3 is 1.88 bits per heavy atom. The Morgan fingerprint density at radius 2 is 1.38 bits per heavy atom. The van der Waals surface area contributed by atoms with Crippen molar-refractivity contribution >= 4 is 59.4 Å². The molecule has 26 heavy (non-hydrogen) atoms. The smallest absolute Gasteiger partial charge is 0.130 e. The van der Waals surface area contributed by atoms with Crippen LogP contribution in [-0.4, -0.2) is 15.8 Å². The van der Waals surface area contributed by atoms with E-state index in [0.29, 0.717) is 0 Å². The molecule has 4 rings (SSSR count). The third-order valence-corrected chi connectivity index (χ3v) is 5.54. The lowest BCUT2D eigenvalue weighted by molar-refractivity contribution is 0.147. The van der Waals surface area contributed by atoms with E-state index in [0.717, 1.165) is 36.4 Å². The van der Waals surface area contributed by atoms with Gasteiger partial charge in [0.1, 0.15) is 6.17 Å². The number of aliphatic hydroxyl groups is 1. The minimum atomic E-state index is -0.582. The SMILES string of the molecule is CC(O)C(Nc1ccccc1)n1c2ccc(Br)cc2c2cc(Br)ccc21. The normalized spacial score (nSPS) is 13.8. The highest BCUT2D eigenvalue weighted by molar-refractivity contribution is 9.10. The van der Waals surface area contributed by atoms with Gasteiger partial charge in [0, 0.05) is 25.4 Å². The van der Waals surface area contributed by atoms with Crippen LogP contribution < -0.4 is 5.32 Å². The van der Waals surface area contributed by atoms with Crippen LogP contribution in [0, 0.1) is 0 Å². The van der Waals surface area contributed by atoms with E-state index in [-0.39, 0.29) is 6.17 Å². The average molecular weight is 474 g/mol. The summed E-state index contributed by atoms with van der Waals surface area (Å²) in [5.74, 6) is 0. The second-order valence-electron chi connectivity index (χ2n) is 6.39. The van der Waals surface area contributed by atoms with Crippen molar-refractivity contribution in [2.45, 2.75) is 19.2 Å². The first-order valence-electron chi connectivity index (χ1n) is 8.43. The number of halogens is 2. The predicted octanol–water partition coefficient (Wildman–Crippen LogP) is 6.31. The molecule has 2 N–H and O–H groups in total. The fraction of sp³-hybridized carbons (Fsp3) is 0.143. The maximum absolute atomic E-state index is 10.6. The van der Waals surface area contributed by atoms with Crippen LogP contribution in [0.3, 0.4) is 0 Å². The predicted molar refractivity (Wildman–Crippen MR) is 116 cm³/mol. The Bertz CT molecular complexity index is 1010. The molecule has 0 spiro atoms. The zero-order valence-electron chi connectivity index (χ0n) is 14.2. The number of aromatic nitrogens is 1. The third kappa shape index (κ3) is 3.15. The van der Waals surface area contributed by atoms with Gasteiger partial charge in [-0.25, -0.2) is 0 Å². The van der Waals surface area contributed by atoms with E-state index in [9.17, 15) is 5.11 Å². The van der Waals surface area contributed by atoms with Gasteiger partial charge in [-0.15, -0.1) is 0 Å². The molecule has 0 aliphatic carbocycles. The maximum Gasteiger partial charge on any atom is 0.130 e. The van der Waals surface area contributed by atoms with Crippen molar-refractivity contribution in [2.75, 3.05) is 5.32 Å². The van der Waals surface area contributed by atoms with Crippen LogP contribution in [0.5, 0.6) is 0 Å². The number of benzene rings is 3. The minimum absolute atomic E-state index is 0.292. The molecule has 4 aromatic rings. The molecule has 0 aliphatic rings. The lowest BCUT2D eigenvalue weighted by Crippen LogP contribution is -2.28.